The van der Waals surface area contributed by atoms with Crippen LogP contribution in [-0.4, -0.2) is 23.0 Å². The maximum absolute atomic E-state index is 11.3. The molecule has 0 aliphatic heterocycles. The summed E-state index contributed by atoms with van der Waals surface area (Å²) in [5, 5.41) is 11.3. The molecule has 4 heteroatoms. The molecule has 15 heavy (non-hydrogen) atoms. The summed E-state index contributed by atoms with van der Waals surface area (Å²) in [6.45, 7) is 3.54. The van der Waals surface area contributed by atoms with Crippen molar-refractivity contribution in [2.24, 2.45) is 11.8 Å². The fourth-order valence-electron chi connectivity index (χ4n) is 1.23. The summed E-state index contributed by atoms with van der Waals surface area (Å²) >= 11 is 0. The predicted octanol–water partition coefficient (Wildman–Crippen LogP) is 1.18. The number of rotatable bonds is 5. The molecule has 4 nitrogen and oxygen atoms in total. The second kappa shape index (κ2) is 4.96. The first-order valence-corrected chi connectivity index (χ1v) is 5.22. The number of carboxylic acids is 1. The van der Waals surface area contributed by atoms with Crippen LogP contribution in [0.3, 0.4) is 0 Å². The van der Waals surface area contributed by atoms with Crippen LogP contribution in [0.1, 0.15) is 26.7 Å². The molecular weight excluding hydrogens is 194 g/mol. The standard InChI is InChI=1S/C11H17NO3/c1-7(2)10(11(14)15)12-9(13)6-5-8-3-4-8/h5-8,10H,3-4H2,1-2H3,(H,12,13)(H,14,15)/b6-5+. The highest BCUT2D eigenvalue weighted by Crippen LogP contribution is 2.29. The SMILES string of the molecule is CC(C)C(NC(=O)/C=C/C1CC1)C(=O)O. The van der Waals surface area contributed by atoms with Gasteiger partial charge >= 0.3 is 5.97 Å². The average molecular weight is 211 g/mol. The van der Waals surface area contributed by atoms with Crippen LogP contribution in [-0.2, 0) is 9.59 Å². The average Bonchev–Trinajstić information content (AvgIpc) is 2.93. The molecule has 1 saturated carbocycles. The van der Waals surface area contributed by atoms with E-state index < -0.39 is 12.0 Å². The Morgan fingerprint density at radius 2 is 2.00 bits per heavy atom. The van der Waals surface area contributed by atoms with Crippen molar-refractivity contribution in [1.29, 1.82) is 0 Å². The predicted molar refractivity (Wildman–Crippen MR) is 56.3 cm³/mol. The van der Waals surface area contributed by atoms with E-state index in [9.17, 15) is 9.59 Å². The van der Waals surface area contributed by atoms with E-state index in [1.54, 1.807) is 13.8 Å². The van der Waals surface area contributed by atoms with Crippen LogP contribution in [0.2, 0.25) is 0 Å². The molecular formula is C11H17NO3. The van der Waals surface area contributed by atoms with Gasteiger partial charge in [0, 0.05) is 0 Å². The van der Waals surface area contributed by atoms with Crippen LogP contribution in [0.4, 0.5) is 0 Å². The summed E-state index contributed by atoms with van der Waals surface area (Å²) in [5.41, 5.74) is 0. The number of amides is 1. The Bertz CT molecular complexity index is 280. The molecule has 0 aromatic rings. The van der Waals surface area contributed by atoms with E-state index in [0.29, 0.717) is 5.92 Å². The molecule has 0 radical (unpaired) electrons. The van der Waals surface area contributed by atoms with Gasteiger partial charge in [0.25, 0.3) is 0 Å². The van der Waals surface area contributed by atoms with E-state index in [2.05, 4.69) is 5.32 Å². The Balaban J connectivity index is 2.42. The van der Waals surface area contributed by atoms with Crippen molar-refractivity contribution in [1.82, 2.24) is 5.32 Å². The summed E-state index contributed by atoms with van der Waals surface area (Å²) in [7, 11) is 0. The van der Waals surface area contributed by atoms with Gasteiger partial charge in [-0.15, -0.1) is 0 Å². The Morgan fingerprint density at radius 1 is 1.40 bits per heavy atom. The fraction of sp³-hybridized carbons (Fsp3) is 0.636. The zero-order valence-electron chi connectivity index (χ0n) is 9.06. The van der Waals surface area contributed by atoms with Crippen LogP contribution < -0.4 is 5.32 Å². The highest BCUT2D eigenvalue weighted by molar-refractivity contribution is 5.91. The lowest BCUT2D eigenvalue weighted by atomic mass is 10.0. The largest absolute Gasteiger partial charge is 0.480 e. The van der Waals surface area contributed by atoms with Crippen molar-refractivity contribution < 1.29 is 14.7 Å². The van der Waals surface area contributed by atoms with Gasteiger partial charge in [-0.2, -0.15) is 0 Å². The number of carbonyl (C=O) groups is 2. The van der Waals surface area contributed by atoms with Crippen molar-refractivity contribution >= 4 is 11.9 Å². The van der Waals surface area contributed by atoms with E-state index in [4.69, 9.17) is 5.11 Å². The lowest BCUT2D eigenvalue weighted by Crippen LogP contribution is -2.43. The van der Waals surface area contributed by atoms with E-state index in [0.717, 1.165) is 12.8 Å². The summed E-state index contributed by atoms with van der Waals surface area (Å²) in [6, 6.07) is -0.804. The summed E-state index contributed by atoms with van der Waals surface area (Å²) < 4.78 is 0. The second-order valence-electron chi connectivity index (χ2n) is 4.27. The second-order valence-corrected chi connectivity index (χ2v) is 4.27. The lowest BCUT2D eigenvalue weighted by molar-refractivity contribution is -0.142. The number of hydrogen-bond donors (Lipinski definition) is 2. The minimum Gasteiger partial charge on any atom is -0.480 e. The van der Waals surface area contributed by atoms with Crippen LogP contribution in [0, 0.1) is 11.8 Å². The Labute approximate surface area is 89.4 Å². The van der Waals surface area contributed by atoms with Gasteiger partial charge in [0.1, 0.15) is 6.04 Å². The third kappa shape index (κ3) is 4.14. The van der Waals surface area contributed by atoms with Crippen molar-refractivity contribution in [3.8, 4) is 0 Å². The van der Waals surface area contributed by atoms with Gasteiger partial charge in [-0.25, -0.2) is 4.79 Å². The zero-order chi connectivity index (χ0) is 11.4. The van der Waals surface area contributed by atoms with Crippen LogP contribution >= 0.6 is 0 Å². The molecule has 1 atom stereocenters. The molecule has 0 heterocycles. The Morgan fingerprint density at radius 3 is 2.40 bits per heavy atom. The first-order chi connectivity index (χ1) is 7.00. The van der Waals surface area contributed by atoms with E-state index >= 15 is 0 Å². The molecule has 1 aliphatic rings. The smallest absolute Gasteiger partial charge is 0.326 e. The number of carbonyl (C=O) groups excluding carboxylic acids is 1. The van der Waals surface area contributed by atoms with Gasteiger partial charge in [-0.3, -0.25) is 4.79 Å². The molecule has 1 unspecified atom stereocenters. The van der Waals surface area contributed by atoms with E-state index in [1.807, 2.05) is 6.08 Å². The third-order valence-electron chi connectivity index (χ3n) is 2.37. The Hall–Kier alpha value is -1.32. The molecule has 1 rings (SSSR count). The van der Waals surface area contributed by atoms with Gasteiger partial charge in [0.05, 0.1) is 0 Å². The molecule has 0 saturated heterocycles. The maximum atomic E-state index is 11.3. The molecule has 0 spiro atoms. The molecule has 84 valence electrons. The number of carboxylic acid groups (broad SMARTS) is 1. The third-order valence-corrected chi connectivity index (χ3v) is 2.37. The van der Waals surface area contributed by atoms with Crippen molar-refractivity contribution in [2.75, 3.05) is 0 Å². The fourth-order valence-corrected chi connectivity index (χ4v) is 1.23. The molecule has 1 fully saturated rings. The molecule has 2 N–H and O–H groups in total. The highest BCUT2D eigenvalue weighted by Gasteiger charge is 2.23. The van der Waals surface area contributed by atoms with Gasteiger partial charge in [0.2, 0.25) is 5.91 Å². The molecule has 0 aromatic carbocycles. The zero-order valence-corrected chi connectivity index (χ0v) is 9.06. The number of hydrogen-bond acceptors (Lipinski definition) is 2. The quantitative estimate of drug-likeness (QED) is 0.671. The number of nitrogens with one attached hydrogen (secondary N) is 1. The van der Waals surface area contributed by atoms with Crippen LogP contribution in [0.15, 0.2) is 12.2 Å². The van der Waals surface area contributed by atoms with Crippen molar-refractivity contribution in [3.63, 3.8) is 0 Å². The molecule has 0 aromatic heterocycles. The van der Waals surface area contributed by atoms with Crippen molar-refractivity contribution in [2.45, 2.75) is 32.7 Å². The first-order valence-electron chi connectivity index (χ1n) is 5.22. The number of aliphatic carboxylic acids is 1. The monoisotopic (exact) mass is 211 g/mol. The van der Waals surface area contributed by atoms with Gasteiger partial charge in [0.15, 0.2) is 0 Å². The lowest BCUT2D eigenvalue weighted by Gasteiger charge is -2.16. The van der Waals surface area contributed by atoms with Gasteiger partial charge in [-0.1, -0.05) is 19.9 Å². The topological polar surface area (TPSA) is 66.4 Å². The molecule has 1 amide bonds. The van der Waals surface area contributed by atoms with Crippen LogP contribution in [0.25, 0.3) is 0 Å². The first kappa shape index (κ1) is 11.8. The van der Waals surface area contributed by atoms with Crippen molar-refractivity contribution in [3.05, 3.63) is 12.2 Å². The summed E-state index contributed by atoms with van der Waals surface area (Å²) in [4.78, 5) is 22.1. The maximum Gasteiger partial charge on any atom is 0.326 e. The molecule has 0 bridgehead atoms. The molecule has 1 aliphatic carbocycles. The van der Waals surface area contributed by atoms with Gasteiger partial charge < -0.3 is 10.4 Å². The summed E-state index contributed by atoms with van der Waals surface area (Å²) in [6.07, 6.45) is 5.55. The number of allylic oxidation sites excluding steroid dienone is 1. The minimum absolute atomic E-state index is 0.110. The highest BCUT2D eigenvalue weighted by atomic mass is 16.4. The van der Waals surface area contributed by atoms with Gasteiger partial charge in [-0.05, 0) is 30.8 Å². The summed E-state index contributed by atoms with van der Waals surface area (Å²) in [5.74, 6) is -0.889. The van der Waals surface area contributed by atoms with E-state index in [-0.39, 0.29) is 11.8 Å². The normalized spacial score (nSPS) is 18.1. The Kier molecular flexibility index (Phi) is 3.88. The van der Waals surface area contributed by atoms with E-state index in [1.165, 1.54) is 6.08 Å². The van der Waals surface area contributed by atoms with Crippen LogP contribution in [0.5, 0.6) is 0 Å². The minimum atomic E-state index is -0.988.